The van der Waals surface area contributed by atoms with Gasteiger partial charge in [-0.15, -0.1) is 11.3 Å². The Hall–Kier alpha value is -1.88. The Balaban J connectivity index is 2.16. The van der Waals surface area contributed by atoms with Gasteiger partial charge >= 0.3 is 0 Å². The maximum absolute atomic E-state index is 11.9. The minimum absolute atomic E-state index is 0.152. The molecule has 5 nitrogen and oxygen atoms in total. The van der Waals surface area contributed by atoms with Crippen molar-refractivity contribution in [2.75, 3.05) is 0 Å². The molecule has 8 heteroatoms. The molecule has 1 aromatic heterocycles. The van der Waals surface area contributed by atoms with E-state index in [4.69, 9.17) is 17.0 Å². The number of nitro groups is 1. The van der Waals surface area contributed by atoms with E-state index in [9.17, 15) is 15.4 Å². The minimum Gasteiger partial charge on any atom is -0.297 e. The molecular weight excluding hydrogens is 366 g/mol. The van der Waals surface area contributed by atoms with Gasteiger partial charge < -0.3 is 0 Å². The average molecular weight is 378 g/mol. The normalized spacial score (nSPS) is 26.8. The molecule has 1 unspecified atom stereocenters. The van der Waals surface area contributed by atoms with Crippen LogP contribution in [0.3, 0.4) is 0 Å². The van der Waals surface area contributed by atoms with Crippen LogP contribution in [-0.2, 0) is 0 Å². The highest BCUT2D eigenvalue weighted by Crippen LogP contribution is 2.51. The van der Waals surface area contributed by atoms with E-state index in [0.29, 0.717) is 10.6 Å². The molecular formula is C16H12ClN3O2S2. The van der Waals surface area contributed by atoms with Crippen LogP contribution in [-0.4, -0.2) is 16.0 Å². The van der Waals surface area contributed by atoms with Crippen molar-refractivity contribution in [1.29, 1.82) is 10.7 Å². The number of benzene rings is 1. The van der Waals surface area contributed by atoms with Crippen molar-refractivity contribution in [2.45, 2.75) is 17.2 Å². The van der Waals surface area contributed by atoms with Crippen LogP contribution in [0.1, 0.15) is 21.6 Å². The number of halogens is 1. The first-order chi connectivity index (χ1) is 11.5. The van der Waals surface area contributed by atoms with Crippen LogP contribution in [0.15, 0.2) is 41.8 Å². The molecule has 4 atom stereocenters. The number of thiophene rings is 1. The van der Waals surface area contributed by atoms with Crippen LogP contribution in [0.2, 0.25) is 5.02 Å². The molecule has 2 heterocycles. The van der Waals surface area contributed by atoms with Gasteiger partial charge in [0.1, 0.15) is 11.2 Å². The maximum atomic E-state index is 11.9. The molecule has 1 aromatic carbocycles. The van der Waals surface area contributed by atoms with E-state index in [0.717, 1.165) is 16.6 Å². The fourth-order valence-corrected chi connectivity index (χ4v) is 5.54. The van der Waals surface area contributed by atoms with Crippen LogP contribution in [0, 0.1) is 32.8 Å². The molecule has 122 valence electrons. The second-order valence-corrected chi connectivity index (χ2v) is 7.92. The molecule has 3 rings (SSSR count). The van der Waals surface area contributed by atoms with E-state index < -0.39 is 23.1 Å². The van der Waals surface area contributed by atoms with Crippen molar-refractivity contribution in [3.8, 4) is 6.07 Å². The summed E-state index contributed by atoms with van der Waals surface area (Å²) in [5.74, 6) is -1.62. The molecule has 24 heavy (non-hydrogen) atoms. The lowest BCUT2D eigenvalue weighted by molar-refractivity contribution is -0.527. The smallest absolute Gasteiger partial charge is 0.238 e. The summed E-state index contributed by atoms with van der Waals surface area (Å²) in [4.78, 5) is 12.4. The van der Waals surface area contributed by atoms with Crippen LogP contribution in [0.25, 0.3) is 0 Å². The van der Waals surface area contributed by atoms with Crippen molar-refractivity contribution in [3.05, 3.63) is 67.4 Å². The highest BCUT2D eigenvalue weighted by Gasteiger charge is 2.52. The lowest BCUT2D eigenvalue weighted by Gasteiger charge is -2.35. The lowest BCUT2D eigenvalue weighted by Crippen LogP contribution is -2.42. The van der Waals surface area contributed by atoms with Crippen LogP contribution < -0.4 is 0 Å². The van der Waals surface area contributed by atoms with E-state index in [1.807, 2.05) is 17.5 Å². The standard InChI is InChI=1S/C16H12ClN3O2S2/c17-11-5-2-1-4-9(11)13-10(8-18)16(19)24-15(14(13)20(21)22)12-6-3-7-23-12/h1-7,10,13-15,19H/t10?,13-,14+,15-/m0/s1. The van der Waals surface area contributed by atoms with E-state index in [1.165, 1.54) is 11.3 Å². The molecule has 1 aliphatic heterocycles. The second kappa shape index (κ2) is 6.93. The van der Waals surface area contributed by atoms with Crippen molar-refractivity contribution >= 4 is 39.7 Å². The Bertz CT molecular complexity index is 819. The first-order valence-corrected chi connectivity index (χ1v) is 9.24. The summed E-state index contributed by atoms with van der Waals surface area (Å²) in [6.45, 7) is 0. The van der Waals surface area contributed by atoms with Crippen LogP contribution in [0.4, 0.5) is 0 Å². The van der Waals surface area contributed by atoms with Gasteiger partial charge in [-0.05, 0) is 23.1 Å². The topological polar surface area (TPSA) is 90.8 Å². The Morgan fingerprint density at radius 3 is 2.62 bits per heavy atom. The Morgan fingerprint density at radius 2 is 2.04 bits per heavy atom. The second-order valence-electron chi connectivity index (χ2n) is 5.35. The quantitative estimate of drug-likeness (QED) is 0.618. The number of hydrogen-bond acceptors (Lipinski definition) is 6. The summed E-state index contributed by atoms with van der Waals surface area (Å²) in [6, 6.07) is 11.6. The summed E-state index contributed by atoms with van der Waals surface area (Å²) < 4.78 is 0. The van der Waals surface area contributed by atoms with Gasteiger partial charge in [0.2, 0.25) is 6.04 Å². The average Bonchev–Trinajstić information content (AvgIpc) is 3.08. The number of rotatable bonds is 3. The SMILES string of the molecule is N#CC1C(=N)S[C@@H](c2cccs2)[C@H]([N+](=O)[O-])[C@H]1c1ccccc1Cl. The number of nitrogens with one attached hydrogen (secondary N) is 1. The van der Waals surface area contributed by atoms with Gasteiger partial charge in [-0.2, -0.15) is 5.26 Å². The molecule has 2 aromatic rings. The number of thioether (sulfide) groups is 1. The maximum Gasteiger partial charge on any atom is 0.238 e. The third-order valence-corrected chi connectivity index (χ3v) is 6.79. The number of hydrogen-bond donors (Lipinski definition) is 1. The molecule has 1 aliphatic rings. The molecule has 0 spiro atoms. The van der Waals surface area contributed by atoms with Gasteiger partial charge in [0.05, 0.1) is 17.0 Å². The Labute approximate surface area is 151 Å². The van der Waals surface area contributed by atoms with E-state index in [2.05, 4.69) is 6.07 Å². The molecule has 1 saturated heterocycles. The highest BCUT2D eigenvalue weighted by atomic mass is 35.5. The van der Waals surface area contributed by atoms with Gasteiger partial charge in [0.15, 0.2) is 0 Å². The molecule has 0 amide bonds. The fraction of sp³-hybridized carbons (Fsp3) is 0.250. The van der Waals surface area contributed by atoms with E-state index in [-0.39, 0.29) is 9.97 Å². The predicted octanol–water partition coefficient (Wildman–Crippen LogP) is 4.74. The van der Waals surface area contributed by atoms with Gasteiger partial charge in [0.25, 0.3) is 0 Å². The highest BCUT2D eigenvalue weighted by molar-refractivity contribution is 8.14. The molecule has 1 N–H and O–H groups in total. The summed E-state index contributed by atoms with van der Waals surface area (Å²) in [5.41, 5.74) is 0.555. The molecule has 1 fully saturated rings. The zero-order chi connectivity index (χ0) is 17.3. The first kappa shape index (κ1) is 17.0. The molecule has 0 radical (unpaired) electrons. The monoisotopic (exact) mass is 377 g/mol. The van der Waals surface area contributed by atoms with E-state index >= 15 is 0 Å². The molecule has 0 aliphatic carbocycles. The first-order valence-electron chi connectivity index (χ1n) is 7.10. The van der Waals surface area contributed by atoms with Gasteiger partial charge in [-0.1, -0.05) is 47.6 Å². The minimum atomic E-state index is -1.02. The van der Waals surface area contributed by atoms with Crippen molar-refractivity contribution in [1.82, 2.24) is 0 Å². The number of nitrogens with zero attached hydrogens (tertiary/aromatic N) is 2. The van der Waals surface area contributed by atoms with E-state index in [1.54, 1.807) is 24.3 Å². The predicted molar refractivity (Wildman–Crippen MR) is 96.5 cm³/mol. The molecule has 0 bridgehead atoms. The van der Waals surface area contributed by atoms with Crippen molar-refractivity contribution in [2.24, 2.45) is 5.92 Å². The summed E-state index contributed by atoms with van der Waals surface area (Å²) in [5, 5.41) is 31.6. The Kier molecular flexibility index (Phi) is 4.90. The summed E-state index contributed by atoms with van der Waals surface area (Å²) in [6.07, 6.45) is 0. The summed E-state index contributed by atoms with van der Waals surface area (Å²) >= 11 is 8.79. The van der Waals surface area contributed by atoms with Crippen LogP contribution >= 0.6 is 34.7 Å². The zero-order valence-electron chi connectivity index (χ0n) is 12.3. The number of nitriles is 1. The van der Waals surface area contributed by atoms with Gasteiger partial charge in [-0.25, -0.2) is 0 Å². The van der Waals surface area contributed by atoms with Crippen LogP contribution in [0.5, 0.6) is 0 Å². The Morgan fingerprint density at radius 1 is 1.29 bits per heavy atom. The summed E-state index contributed by atoms with van der Waals surface area (Å²) in [7, 11) is 0. The van der Waals surface area contributed by atoms with Gasteiger partial charge in [-0.3, -0.25) is 15.5 Å². The fourth-order valence-electron chi connectivity index (χ4n) is 3.00. The third-order valence-electron chi connectivity index (χ3n) is 4.04. The van der Waals surface area contributed by atoms with Crippen molar-refractivity contribution < 1.29 is 4.92 Å². The third kappa shape index (κ3) is 2.93. The largest absolute Gasteiger partial charge is 0.297 e. The lowest BCUT2D eigenvalue weighted by atomic mass is 9.79. The van der Waals surface area contributed by atoms with Gasteiger partial charge in [0, 0.05) is 14.8 Å². The van der Waals surface area contributed by atoms with Crippen molar-refractivity contribution in [3.63, 3.8) is 0 Å². The molecule has 0 saturated carbocycles. The zero-order valence-corrected chi connectivity index (χ0v) is 14.6.